The van der Waals surface area contributed by atoms with Gasteiger partial charge in [-0.3, -0.25) is 9.88 Å². The Morgan fingerprint density at radius 2 is 1.89 bits per heavy atom. The number of aromatic nitrogens is 4. The summed E-state index contributed by atoms with van der Waals surface area (Å²) in [7, 11) is 0. The third-order valence-electron chi connectivity index (χ3n) is 6.09. The molecular weight excluding hydrogens is 472 g/mol. The van der Waals surface area contributed by atoms with Crippen molar-refractivity contribution < 1.29 is 9.47 Å². The highest BCUT2D eigenvalue weighted by atomic mass is 32.1. The number of nitriles is 1. The number of aryl methyl sites for hydroxylation is 1. The number of pyridine rings is 1. The lowest BCUT2D eigenvalue weighted by atomic mass is 10.1. The van der Waals surface area contributed by atoms with Gasteiger partial charge in [0.15, 0.2) is 0 Å². The highest BCUT2D eigenvalue weighted by molar-refractivity contribution is 7.18. The van der Waals surface area contributed by atoms with Gasteiger partial charge in [-0.05, 0) is 44.0 Å². The standard InChI is InChI=1S/C27H28N6O2S/c1-17-13-33(14-18(2)35-17)15-20-5-4-6-21(11-20)16-34-27-30-9-7-23(31-27)22(12-28)26-32-25-19(3)29-10-8-24(25)36-26/h4-11,17-18,22H,13-16H2,1-3H3. The van der Waals surface area contributed by atoms with E-state index in [0.717, 1.165) is 41.1 Å². The second kappa shape index (κ2) is 10.7. The molecule has 3 aromatic heterocycles. The van der Waals surface area contributed by atoms with Gasteiger partial charge in [0.05, 0.1) is 34.4 Å². The monoisotopic (exact) mass is 500 g/mol. The Morgan fingerprint density at radius 3 is 2.67 bits per heavy atom. The third kappa shape index (κ3) is 5.51. The van der Waals surface area contributed by atoms with Gasteiger partial charge in [0.2, 0.25) is 0 Å². The number of nitrogens with zero attached hydrogens (tertiary/aromatic N) is 6. The number of hydrogen-bond acceptors (Lipinski definition) is 9. The van der Waals surface area contributed by atoms with Crippen molar-refractivity contribution in [2.24, 2.45) is 0 Å². The van der Waals surface area contributed by atoms with Gasteiger partial charge in [-0.25, -0.2) is 9.97 Å². The first-order valence-corrected chi connectivity index (χ1v) is 12.8. The van der Waals surface area contributed by atoms with Crippen molar-refractivity contribution in [2.45, 2.75) is 52.0 Å². The summed E-state index contributed by atoms with van der Waals surface area (Å²) in [6.07, 6.45) is 3.87. The third-order valence-corrected chi connectivity index (χ3v) is 7.18. The summed E-state index contributed by atoms with van der Waals surface area (Å²) in [5, 5.41) is 10.6. The van der Waals surface area contributed by atoms with Crippen molar-refractivity contribution in [3.05, 3.63) is 76.3 Å². The summed E-state index contributed by atoms with van der Waals surface area (Å²) < 4.78 is 12.8. The fourth-order valence-corrected chi connectivity index (χ4v) is 5.66. The number of thiazole rings is 1. The van der Waals surface area contributed by atoms with Crippen LogP contribution in [0.25, 0.3) is 10.2 Å². The van der Waals surface area contributed by atoms with Gasteiger partial charge in [-0.15, -0.1) is 11.3 Å². The van der Waals surface area contributed by atoms with Crippen LogP contribution in [0, 0.1) is 18.3 Å². The Bertz CT molecular complexity index is 1390. The van der Waals surface area contributed by atoms with E-state index in [4.69, 9.17) is 9.47 Å². The minimum atomic E-state index is -0.603. The minimum Gasteiger partial charge on any atom is -0.459 e. The molecule has 8 nitrogen and oxygen atoms in total. The van der Waals surface area contributed by atoms with Crippen LogP contribution >= 0.6 is 11.3 Å². The summed E-state index contributed by atoms with van der Waals surface area (Å²) >= 11 is 1.48. The SMILES string of the molecule is Cc1nccc2sc(C(C#N)c3ccnc(OCc4cccc(CN5CC(C)OC(C)C5)c4)n3)nc12. The molecule has 1 aliphatic heterocycles. The quantitative estimate of drug-likeness (QED) is 0.362. The summed E-state index contributed by atoms with van der Waals surface area (Å²) in [5.41, 5.74) is 4.51. The van der Waals surface area contributed by atoms with Crippen molar-refractivity contribution in [1.82, 2.24) is 24.8 Å². The van der Waals surface area contributed by atoms with Crippen molar-refractivity contribution in [1.29, 1.82) is 5.26 Å². The molecule has 0 N–H and O–H groups in total. The van der Waals surface area contributed by atoms with Gasteiger partial charge in [0, 0.05) is 32.0 Å². The zero-order valence-electron chi connectivity index (χ0n) is 20.6. The molecule has 0 spiro atoms. The van der Waals surface area contributed by atoms with Crippen LogP contribution in [0.5, 0.6) is 6.01 Å². The largest absolute Gasteiger partial charge is 0.459 e. The zero-order chi connectivity index (χ0) is 25.1. The van der Waals surface area contributed by atoms with Gasteiger partial charge in [0.25, 0.3) is 0 Å². The van der Waals surface area contributed by atoms with Crippen LogP contribution in [-0.4, -0.2) is 50.1 Å². The molecule has 0 radical (unpaired) electrons. The predicted molar refractivity (Wildman–Crippen MR) is 138 cm³/mol. The topological polar surface area (TPSA) is 97.0 Å². The lowest BCUT2D eigenvalue weighted by Gasteiger charge is -2.35. The first-order chi connectivity index (χ1) is 17.5. The van der Waals surface area contributed by atoms with E-state index >= 15 is 0 Å². The number of morpholine rings is 1. The maximum absolute atomic E-state index is 9.91. The molecule has 1 aliphatic rings. The van der Waals surface area contributed by atoms with Crippen LogP contribution in [0.4, 0.5) is 0 Å². The molecule has 4 heterocycles. The Labute approximate surface area is 214 Å². The van der Waals surface area contributed by atoms with E-state index in [2.05, 4.69) is 56.9 Å². The van der Waals surface area contributed by atoms with Crippen LogP contribution in [-0.2, 0) is 17.9 Å². The van der Waals surface area contributed by atoms with Crippen LogP contribution in [0.15, 0.2) is 48.8 Å². The molecule has 9 heteroatoms. The van der Waals surface area contributed by atoms with E-state index < -0.39 is 5.92 Å². The average Bonchev–Trinajstić information content (AvgIpc) is 3.28. The van der Waals surface area contributed by atoms with Crippen LogP contribution in [0.1, 0.15) is 47.3 Å². The Kier molecular flexibility index (Phi) is 7.18. The second-order valence-corrected chi connectivity index (χ2v) is 10.2. The number of rotatable bonds is 7. The molecule has 0 aliphatic carbocycles. The molecule has 3 atom stereocenters. The van der Waals surface area contributed by atoms with E-state index in [0.29, 0.717) is 17.3 Å². The molecule has 1 fully saturated rings. The Balaban J connectivity index is 1.27. The molecule has 0 amide bonds. The lowest BCUT2D eigenvalue weighted by molar-refractivity contribution is -0.0704. The highest BCUT2D eigenvalue weighted by Crippen LogP contribution is 2.31. The molecule has 184 valence electrons. The fraction of sp³-hybridized carbons (Fsp3) is 0.370. The Hall–Kier alpha value is -3.45. The molecule has 1 aromatic carbocycles. The average molecular weight is 501 g/mol. The lowest BCUT2D eigenvalue weighted by Crippen LogP contribution is -2.44. The second-order valence-electron chi connectivity index (χ2n) is 9.18. The fourth-order valence-electron chi connectivity index (χ4n) is 4.59. The number of ether oxygens (including phenoxy) is 2. The number of fused-ring (bicyclic) bond motifs is 1. The number of benzene rings is 1. The zero-order valence-corrected chi connectivity index (χ0v) is 21.4. The molecule has 0 saturated carbocycles. The van der Waals surface area contributed by atoms with Gasteiger partial charge < -0.3 is 9.47 Å². The molecule has 5 rings (SSSR count). The van der Waals surface area contributed by atoms with Crippen molar-refractivity contribution in [3.8, 4) is 12.1 Å². The first-order valence-electron chi connectivity index (χ1n) is 12.0. The van der Waals surface area contributed by atoms with Crippen LogP contribution in [0.3, 0.4) is 0 Å². The number of hydrogen-bond donors (Lipinski definition) is 0. The smallest absolute Gasteiger partial charge is 0.316 e. The van der Waals surface area contributed by atoms with Gasteiger partial charge in [0.1, 0.15) is 23.0 Å². The maximum Gasteiger partial charge on any atom is 0.316 e. The van der Waals surface area contributed by atoms with Crippen molar-refractivity contribution >= 4 is 21.6 Å². The van der Waals surface area contributed by atoms with E-state index in [9.17, 15) is 5.26 Å². The van der Waals surface area contributed by atoms with Gasteiger partial charge in [-0.2, -0.15) is 10.2 Å². The molecule has 3 unspecified atom stereocenters. The van der Waals surface area contributed by atoms with Crippen molar-refractivity contribution in [3.63, 3.8) is 0 Å². The van der Waals surface area contributed by atoms with Crippen LogP contribution in [0.2, 0.25) is 0 Å². The Morgan fingerprint density at radius 1 is 1.11 bits per heavy atom. The van der Waals surface area contributed by atoms with E-state index in [-0.39, 0.29) is 18.2 Å². The van der Waals surface area contributed by atoms with E-state index in [1.54, 1.807) is 18.5 Å². The summed E-state index contributed by atoms with van der Waals surface area (Å²) in [5.74, 6) is -0.603. The summed E-state index contributed by atoms with van der Waals surface area (Å²) in [6.45, 7) is 9.23. The van der Waals surface area contributed by atoms with Crippen molar-refractivity contribution in [2.75, 3.05) is 13.1 Å². The first kappa shape index (κ1) is 24.3. The molecule has 4 aromatic rings. The predicted octanol–water partition coefficient (Wildman–Crippen LogP) is 4.63. The maximum atomic E-state index is 9.91. The van der Waals surface area contributed by atoms with E-state index in [1.807, 2.05) is 25.1 Å². The van der Waals surface area contributed by atoms with Gasteiger partial charge in [-0.1, -0.05) is 24.3 Å². The molecule has 36 heavy (non-hydrogen) atoms. The molecule has 1 saturated heterocycles. The highest BCUT2D eigenvalue weighted by Gasteiger charge is 2.23. The molecule has 0 bridgehead atoms. The minimum absolute atomic E-state index is 0.241. The van der Waals surface area contributed by atoms with Crippen LogP contribution < -0.4 is 4.74 Å². The summed E-state index contributed by atoms with van der Waals surface area (Å²) in [4.78, 5) is 20.2. The van der Waals surface area contributed by atoms with Gasteiger partial charge >= 0.3 is 6.01 Å². The molecular formula is C27H28N6O2S. The summed E-state index contributed by atoms with van der Waals surface area (Å²) in [6, 6.07) is 14.6. The normalized spacial score (nSPS) is 19.2. The van der Waals surface area contributed by atoms with E-state index in [1.165, 1.54) is 16.9 Å².